The minimum absolute atomic E-state index is 0.675. The summed E-state index contributed by atoms with van der Waals surface area (Å²) in [5.74, 6) is 0.979. The largest absolute Gasteiger partial charge is 0.295 e. The van der Waals surface area contributed by atoms with E-state index in [1.807, 2.05) is 0 Å². The summed E-state index contributed by atoms with van der Waals surface area (Å²) in [5, 5.41) is 0. The van der Waals surface area contributed by atoms with E-state index in [2.05, 4.69) is 25.7 Å². The van der Waals surface area contributed by atoms with Crippen molar-refractivity contribution in [3.8, 4) is 0 Å². The molecule has 2 rings (SSSR count). The van der Waals surface area contributed by atoms with E-state index in [1.54, 1.807) is 0 Å². The summed E-state index contributed by atoms with van der Waals surface area (Å²) >= 11 is 0. The fourth-order valence-corrected chi connectivity index (χ4v) is 2.91. The number of nitrogens with zero attached hydrogens (tertiary/aromatic N) is 1. The van der Waals surface area contributed by atoms with E-state index in [0.29, 0.717) is 5.54 Å². The molecule has 0 radical (unpaired) electrons. The molecule has 1 saturated heterocycles. The zero-order valence-corrected chi connectivity index (χ0v) is 7.93. The van der Waals surface area contributed by atoms with E-state index in [4.69, 9.17) is 0 Å². The lowest BCUT2D eigenvalue weighted by Crippen LogP contribution is -2.38. The third-order valence-corrected chi connectivity index (χ3v) is 3.62. The molecule has 0 aromatic heterocycles. The summed E-state index contributed by atoms with van der Waals surface area (Å²) in [7, 11) is 0. The molecule has 2 unspecified atom stereocenters. The predicted molar refractivity (Wildman–Crippen MR) is 47.6 cm³/mol. The lowest BCUT2D eigenvalue weighted by molar-refractivity contribution is 0.175. The maximum Gasteiger partial charge on any atom is 0.0242 e. The molecule has 1 spiro atoms. The van der Waals surface area contributed by atoms with Gasteiger partial charge in [-0.1, -0.05) is 6.92 Å². The van der Waals surface area contributed by atoms with Gasteiger partial charge in [0.2, 0.25) is 0 Å². The summed E-state index contributed by atoms with van der Waals surface area (Å²) in [6.45, 7) is 8.42. The van der Waals surface area contributed by atoms with Crippen LogP contribution in [0.25, 0.3) is 0 Å². The smallest absolute Gasteiger partial charge is 0.0242 e. The van der Waals surface area contributed by atoms with E-state index in [-0.39, 0.29) is 0 Å². The first kappa shape index (κ1) is 7.60. The second-order valence-corrected chi connectivity index (χ2v) is 4.60. The van der Waals surface area contributed by atoms with Gasteiger partial charge in [0.05, 0.1) is 0 Å². The van der Waals surface area contributed by atoms with Crippen LogP contribution in [0.4, 0.5) is 0 Å². The van der Waals surface area contributed by atoms with Gasteiger partial charge in [-0.3, -0.25) is 4.90 Å². The van der Waals surface area contributed by atoms with Gasteiger partial charge in [0.15, 0.2) is 0 Å². The first-order valence-electron chi connectivity index (χ1n) is 4.93. The van der Waals surface area contributed by atoms with Crippen LogP contribution in [0.5, 0.6) is 0 Å². The second kappa shape index (κ2) is 2.22. The maximum absolute atomic E-state index is 2.72. The van der Waals surface area contributed by atoms with Crippen molar-refractivity contribution in [3.05, 3.63) is 0 Å². The van der Waals surface area contributed by atoms with Crippen LogP contribution in [-0.4, -0.2) is 23.0 Å². The fraction of sp³-hybridized carbons (Fsp3) is 1.00. The Kier molecular flexibility index (Phi) is 1.54. The highest BCUT2D eigenvalue weighted by Gasteiger charge is 2.57. The molecular formula is C10H19N. The van der Waals surface area contributed by atoms with Crippen molar-refractivity contribution < 1.29 is 0 Å². The molecule has 1 heterocycles. The van der Waals surface area contributed by atoms with Crippen molar-refractivity contribution in [3.63, 3.8) is 0 Å². The molecule has 0 aromatic carbocycles. The third kappa shape index (κ3) is 0.936. The third-order valence-electron chi connectivity index (χ3n) is 3.62. The molecule has 2 fully saturated rings. The Hall–Kier alpha value is -0.0400. The number of hydrogen-bond acceptors (Lipinski definition) is 1. The lowest BCUT2D eigenvalue weighted by atomic mass is 10.1. The molecule has 1 nitrogen and oxygen atoms in total. The summed E-state index contributed by atoms with van der Waals surface area (Å²) in [4.78, 5) is 2.72. The molecule has 11 heavy (non-hydrogen) atoms. The summed E-state index contributed by atoms with van der Waals surface area (Å²) in [6, 6.07) is 0.766. The number of hydrogen-bond donors (Lipinski definition) is 0. The molecule has 1 aliphatic heterocycles. The van der Waals surface area contributed by atoms with E-state index in [1.165, 1.54) is 25.8 Å². The Morgan fingerprint density at radius 1 is 1.45 bits per heavy atom. The van der Waals surface area contributed by atoms with Gasteiger partial charge in [-0.15, -0.1) is 0 Å². The first-order valence-corrected chi connectivity index (χ1v) is 4.93. The Labute approximate surface area is 69.8 Å². The van der Waals surface area contributed by atoms with Crippen molar-refractivity contribution in [1.29, 1.82) is 0 Å². The molecule has 0 amide bonds. The highest BCUT2D eigenvalue weighted by Crippen LogP contribution is 2.55. The monoisotopic (exact) mass is 153 g/mol. The molecule has 1 saturated carbocycles. The first-order chi connectivity index (χ1) is 5.17. The van der Waals surface area contributed by atoms with Gasteiger partial charge >= 0.3 is 0 Å². The minimum atomic E-state index is 0.675. The van der Waals surface area contributed by atoms with Crippen LogP contribution in [0, 0.1) is 5.92 Å². The van der Waals surface area contributed by atoms with E-state index < -0.39 is 0 Å². The minimum Gasteiger partial charge on any atom is -0.295 e. The molecule has 0 bridgehead atoms. The molecule has 0 aromatic rings. The summed E-state index contributed by atoms with van der Waals surface area (Å²) in [5.41, 5.74) is 0.675. The van der Waals surface area contributed by atoms with Gasteiger partial charge in [-0.25, -0.2) is 0 Å². The summed E-state index contributed by atoms with van der Waals surface area (Å²) in [6.07, 6.45) is 4.36. The van der Waals surface area contributed by atoms with Gasteiger partial charge < -0.3 is 0 Å². The van der Waals surface area contributed by atoms with Crippen LogP contribution in [0.3, 0.4) is 0 Å². The van der Waals surface area contributed by atoms with Crippen molar-refractivity contribution in [2.24, 2.45) is 5.92 Å². The molecule has 1 aliphatic carbocycles. The second-order valence-electron chi connectivity index (χ2n) is 4.60. The van der Waals surface area contributed by atoms with Crippen molar-refractivity contribution in [1.82, 2.24) is 4.90 Å². The van der Waals surface area contributed by atoms with Crippen LogP contribution in [0.1, 0.15) is 40.0 Å². The summed E-state index contributed by atoms with van der Waals surface area (Å²) < 4.78 is 0. The zero-order valence-electron chi connectivity index (χ0n) is 7.93. The van der Waals surface area contributed by atoms with Crippen LogP contribution in [0.15, 0.2) is 0 Å². The van der Waals surface area contributed by atoms with Crippen molar-refractivity contribution in [2.75, 3.05) is 6.54 Å². The predicted octanol–water partition coefficient (Wildman–Crippen LogP) is 2.27. The van der Waals surface area contributed by atoms with E-state index in [0.717, 1.165) is 12.0 Å². The molecule has 1 heteroatoms. The van der Waals surface area contributed by atoms with Crippen molar-refractivity contribution >= 4 is 0 Å². The molecule has 64 valence electrons. The molecule has 0 N–H and O–H groups in total. The normalized spacial score (nSPS) is 44.2. The molecular weight excluding hydrogens is 134 g/mol. The van der Waals surface area contributed by atoms with E-state index >= 15 is 0 Å². The molecule has 2 aliphatic rings. The van der Waals surface area contributed by atoms with Crippen LogP contribution < -0.4 is 0 Å². The fourth-order valence-electron chi connectivity index (χ4n) is 2.91. The van der Waals surface area contributed by atoms with Crippen LogP contribution in [-0.2, 0) is 0 Å². The van der Waals surface area contributed by atoms with Gasteiger partial charge in [0.25, 0.3) is 0 Å². The van der Waals surface area contributed by atoms with Crippen LogP contribution >= 0.6 is 0 Å². The molecule has 2 atom stereocenters. The quantitative estimate of drug-likeness (QED) is 0.558. The van der Waals surface area contributed by atoms with Crippen LogP contribution in [0.2, 0.25) is 0 Å². The number of likely N-dealkylation sites (tertiary alicyclic amines) is 1. The highest BCUT2D eigenvalue weighted by atomic mass is 15.3. The SMILES string of the molecule is CC(C)N1CCCC12CC2C. The highest BCUT2D eigenvalue weighted by molar-refractivity contribution is 5.13. The van der Waals surface area contributed by atoms with Crippen molar-refractivity contribution in [2.45, 2.75) is 51.6 Å². The average molecular weight is 153 g/mol. The maximum atomic E-state index is 2.72. The Morgan fingerprint density at radius 2 is 2.09 bits per heavy atom. The van der Waals surface area contributed by atoms with Gasteiger partial charge in [-0.2, -0.15) is 0 Å². The van der Waals surface area contributed by atoms with E-state index in [9.17, 15) is 0 Å². The zero-order chi connectivity index (χ0) is 8.06. The van der Waals surface area contributed by atoms with Gasteiger partial charge in [-0.05, 0) is 45.6 Å². The Morgan fingerprint density at radius 3 is 2.45 bits per heavy atom. The standard InChI is InChI=1S/C10H19N/c1-8(2)11-6-4-5-10(11)7-9(10)3/h8-9H,4-7H2,1-3H3. The lowest BCUT2D eigenvalue weighted by Gasteiger charge is -2.29. The Balaban J connectivity index is 2.10. The Bertz CT molecular complexity index is 164. The number of rotatable bonds is 1. The van der Waals surface area contributed by atoms with Gasteiger partial charge in [0.1, 0.15) is 0 Å². The average Bonchev–Trinajstić information content (AvgIpc) is 2.45. The van der Waals surface area contributed by atoms with Gasteiger partial charge in [0, 0.05) is 11.6 Å². The topological polar surface area (TPSA) is 3.24 Å².